The normalized spacial score (nSPS) is 26.4. The molecule has 174 valence electrons. The summed E-state index contributed by atoms with van der Waals surface area (Å²) in [5.41, 5.74) is 1.33. The lowest BCUT2D eigenvalue weighted by Crippen LogP contribution is -2.33. The number of esters is 2. The van der Waals surface area contributed by atoms with E-state index in [-0.39, 0.29) is 19.3 Å². The van der Waals surface area contributed by atoms with Crippen LogP contribution in [0.5, 0.6) is 0 Å². The monoisotopic (exact) mass is 456 g/mol. The molecule has 3 atom stereocenters. The highest BCUT2D eigenvalue weighted by Gasteiger charge is 2.26. The molecule has 1 aliphatic rings. The molecule has 0 aromatic carbocycles. The second-order valence-electron chi connectivity index (χ2n) is 7.84. The van der Waals surface area contributed by atoms with Crippen molar-refractivity contribution >= 4 is 29.5 Å². The Bertz CT molecular complexity index is 723. The van der Waals surface area contributed by atoms with Gasteiger partial charge < -0.3 is 19.7 Å². The summed E-state index contributed by atoms with van der Waals surface area (Å²) in [5.74, 6) is -2.02. The van der Waals surface area contributed by atoms with E-state index in [0.717, 1.165) is 11.5 Å². The molecule has 1 aliphatic heterocycles. The Balaban J connectivity index is 2.97. The third kappa shape index (κ3) is 11.7. The number of aliphatic carboxylic acids is 1. The fourth-order valence-electron chi connectivity index (χ4n) is 3.22. The summed E-state index contributed by atoms with van der Waals surface area (Å²) in [6.07, 6.45) is 5.97. The van der Waals surface area contributed by atoms with Gasteiger partial charge in [0.2, 0.25) is 0 Å². The fraction of sp³-hybridized carbons (Fsp3) is 0.609. The largest absolute Gasteiger partial charge is 0.481 e. The first-order valence-electron chi connectivity index (χ1n) is 10.5. The van der Waals surface area contributed by atoms with E-state index in [1.54, 1.807) is 19.9 Å². The zero-order valence-corrected chi connectivity index (χ0v) is 19.2. The Labute approximate surface area is 188 Å². The van der Waals surface area contributed by atoms with Crippen molar-refractivity contribution in [2.24, 2.45) is 0 Å². The molecule has 1 heterocycles. The first-order valence-corrected chi connectivity index (χ1v) is 10.9. The zero-order chi connectivity index (χ0) is 23.4. The quantitative estimate of drug-likeness (QED) is 0.449. The summed E-state index contributed by atoms with van der Waals surface area (Å²) >= 11 is 6.26. The van der Waals surface area contributed by atoms with Crippen molar-refractivity contribution < 1.29 is 34.1 Å². The molecule has 0 saturated heterocycles. The average Bonchev–Trinajstić information content (AvgIpc) is 2.66. The van der Waals surface area contributed by atoms with Crippen LogP contribution in [-0.4, -0.2) is 46.4 Å². The molecular formula is C23H33ClO7. The van der Waals surface area contributed by atoms with E-state index in [4.69, 9.17) is 26.2 Å². The van der Waals surface area contributed by atoms with E-state index in [1.165, 1.54) is 6.92 Å². The second kappa shape index (κ2) is 14.0. The van der Waals surface area contributed by atoms with Crippen molar-refractivity contribution in [3.63, 3.8) is 0 Å². The number of aliphatic hydroxyl groups is 1. The maximum atomic E-state index is 12.6. The van der Waals surface area contributed by atoms with Crippen molar-refractivity contribution in [2.75, 3.05) is 0 Å². The average molecular weight is 457 g/mol. The highest BCUT2D eigenvalue weighted by Crippen LogP contribution is 2.22. The van der Waals surface area contributed by atoms with Crippen LogP contribution in [0.3, 0.4) is 0 Å². The number of allylic oxidation sites excluding steroid dienone is 3. The van der Waals surface area contributed by atoms with Crippen molar-refractivity contribution in [1.29, 1.82) is 0 Å². The minimum Gasteiger partial charge on any atom is -0.481 e. The van der Waals surface area contributed by atoms with Crippen LogP contribution >= 0.6 is 11.6 Å². The molecule has 1 unspecified atom stereocenters. The standard InChI is InChI=1S/C23H33ClO7/c1-15(13-22(27)28)11-12-19(26)20-10-5-4-8-18(24)9-6-7-16(2)21(30-17(3)25)14-23(29)31-20/h7,9,11,19-21,26H,4-6,8,10,12-14H2,1-3H3,(H,27,28)/b15-11-,16-7-,18-9-/t19-,20?,21-/m0/s1. The van der Waals surface area contributed by atoms with Crippen LogP contribution < -0.4 is 0 Å². The van der Waals surface area contributed by atoms with Gasteiger partial charge in [-0.25, -0.2) is 0 Å². The topological polar surface area (TPSA) is 110 Å². The molecule has 0 aromatic rings. The minimum absolute atomic E-state index is 0.113. The van der Waals surface area contributed by atoms with Gasteiger partial charge in [-0.05, 0) is 57.9 Å². The molecule has 2 N–H and O–H groups in total. The van der Waals surface area contributed by atoms with Gasteiger partial charge in [0.15, 0.2) is 0 Å². The molecule has 31 heavy (non-hydrogen) atoms. The Morgan fingerprint density at radius 3 is 2.68 bits per heavy atom. The molecule has 0 aromatic heterocycles. The van der Waals surface area contributed by atoms with Crippen LogP contribution in [0.1, 0.15) is 72.1 Å². The van der Waals surface area contributed by atoms with E-state index in [2.05, 4.69) is 0 Å². The maximum Gasteiger partial charge on any atom is 0.310 e. The number of aliphatic hydroxyl groups excluding tert-OH is 1. The van der Waals surface area contributed by atoms with Gasteiger partial charge >= 0.3 is 17.9 Å². The van der Waals surface area contributed by atoms with Crippen LogP contribution in [0.2, 0.25) is 0 Å². The lowest BCUT2D eigenvalue weighted by Gasteiger charge is -2.24. The van der Waals surface area contributed by atoms with Crippen molar-refractivity contribution in [1.82, 2.24) is 0 Å². The second-order valence-corrected chi connectivity index (χ2v) is 8.32. The molecule has 0 aliphatic carbocycles. The Kier molecular flexibility index (Phi) is 12.2. The highest BCUT2D eigenvalue weighted by atomic mass is 35.5. The summed E-state index contributed by atoms with van der Waals surface area (Å²) in [6, 6.07) is 0. The third-order valence-corrected chi connectivity index (χ3v) is 5.29. The van der Waals surface area contributed by atoms with Gasteiger partial charge in [-0.3, -0.25) is 14.4 Å². The summed E-state index contributed by atoms with van der Waals surface area (Å²) in [6.45, 7) is 4.73. The van der Waals surface area contributed by atoms with Crippen LogP contribution in [0.15, 0.2) is 34.4 Å². The lowest BCUT2D eigenvalue weighted by atomic mass is 10.0. The number of rotatable bonds is 6. The summed E-state index contributed by atoms with van der Waals surface area (Å²) in [7, 11) is 0. The number of carboxylic acid groups (broad SMARTS) is 1. The molecule has 0 spiro atoms. The Morgan fingerprint density at radius 1 is 1.32 bits per heavy atom. The summed E-state index contributed by atoms with van der Waals surface area (Å²) in [4.78, 5) is 34.8. The molecular weight excluding hydrogens is 424 g/mol. The molecule has 0 fully saturated rings. The molecule has 7 nitrogen and oxygen atoms in total. The van der Waals surface area contributed by atoms with Gasteiger partial charge in [-0.1, -0.05) is 35.4 Å². The first-order chi connectivity index (χ1) is 14.6. The fourth-order valence-corrected chi connectivity index (χ4v) is 3.45. The van der Waals surface area contributed by atoms with Crippen molar-refractivity contribution in [2.45, 2.75) is 90.4 Å². The first kappa shape index (κ1) is 26.9. The highest BCUT2D eigenvalue weighted by molar-refractivity contribution is 6.29. The van der Waals surface area contributed by atoms with E-state index < -0.39 is 36.2 Å². The van der Waals surface area contributed by atoms with Gasteiger partial charge in [0.05, 0.1) is 18.9 Å². The molecule has 8 heteroatoms. The van der Waals surface area contributed by atoms with Crippen molar-refractivity contribution in [3.8, 4) is 0 Å². The van der Waals surface area contributed by atoms with Gasteiger partial charge in [0.25, 0.3) is 0 Å². The zero-order valence-electron chi connectivity index (χ0n) is 18.4. The van der Waals surface area contributed by atoms with Crippen LogP contribution in [0, 0.1) is 0 Å². The predicted molar refractivity (Wildman–Crippen MR) is 117 cm³/mol. The minimum atomic E-state index is -0.976. The third-order valence-electron chi connectivity index (χ3n) is 4.95. The molecule has 0 bridgehead atoms. The van der Waals surface area contributed by atoms with Gasteiger partial charge in [0, 0.05) is 12.0 Å². The van der Waals surface area contributed by atoms with Gasteiger partial charge in [-0.2, -0.15) is 0 Å². The molecule has 0 radical (unpaired) electrons. The predicted octanol–water partition coefficient (Wildman–Crippen LogP) is 4.43. The Morgan fingerprint density at radius 2 is 2.03 bits per heavy atom. The number of halogens is 1. The van der Waals surface area contributed by atoms with Crippen molar-refractivity contribution in [3.05, 3.63) is 34.4 Å². The van der Waals surface area contributed by atoms with E-state index in [0.29, 0.717) is 36.8 Å². The maximum absolute atomic E-state index is 12.6. The van der Waals surface area contributed by atoms with E-state index >= 15 is 0 Å². The van der Waals surface area contributed by atoms with Crippen LogP contribution in [0.4, 0.5) is 0 Å². The number of hydrogen-bond acceptors (Lipinski definition) is 6. The number of hydrogen-bond donors (Lipinski definition) is 2. The smallest absolute Gasteiger partial charge is 0.310 e. The van der Waals surface area contributed by atoms with Gasteiger partial charge in [-0.15, -0.1) is 0 Å². The van der Waals surface area contributed by atoms with E-state index in [1.807, 2.05) is 12.2 Å². The summed E-state index contributed by atoms with van der Waals surface area (Å²) < 4.78 is 10.8. The van der Waals surface area contributed by atoms with Crippen LogP contribution in [-0.2, 0) is 23.9 Å². The van der Waals surface area contributed by atoms with Crippen LogP contribution in [0.25, 0.3) is 0 Å². The number of carbonyl (C=O) groups excluding carboxylic acids is 2. The number of cyclic esters (lactones) is 1. The lowest BCUT2D eigenvalue weighted by molar-refractivity contribution is -0.160. The number of carboxylic acids is 1. The molecule has 0 saturated carbocycles. The SMILES string of the molecule is CC(=O)O[C@H]1CC(=O)OC([C@@H](O)C/C=C(/C)CC(=O)O)CCCC/C(Cl)=C/C/C=C\1C. The molecule has 0 amide bonds. The number of ether oxygens (including phenoxy) is 2. The van der Waals surface area contributed by atoms with Gasteiger partial charge in [0.1, 0.15) is 12.2 Å². The summed E-state index contributed by atoms with van der Waals surface area (Å²) in [5, 5.41) is 20.2. The molecule has 1 rings (SSSR count). The Hall–Kier alpha value is -2.12. The number of carbonyl (C=O) groups is 3. The van der Waals surface area contributed by atoms with E-state index in [9.17, 15) is 19.5 Å².